The summed E-state index contributed by atoms with van der Waals surface area (Å²) in [5.41, 5.74) is 0. The summed E-state index contributed by atoms with van der Waals surface area (Å²) in [5, 5.41) is 9.03. The van der Waals surface area contributed by atoms with Gasteiger partial charge in [-0.15, -0.1) is 0 Å². The SMILES string of the molecule is COc1ccc(S(=O)(=O)N2CCC(C(=O)N(CC(=O)O)C3CC3)CC2)cc1. The largest absolute Gasteiger partial charge is 0.497 e. The number of sulfonamides is 1. The minimum absolute atomic E-state index is 0.0228. The zero-order valence-electron chi connectivity index (χ0n) is 15.2. The third kappa shape index (κ3) is 4.41. The molecule has 1 aromatic carbocycles. The molecular weight excluding hydrogens is 372 g/mol. The van der Waals surface area contributed by atoms with Crippen LogP contribution in [-0.4, -0.2) is 67.4 Å². The normalized spacial score (nSPS) is 18.9. The summed E-state index contributed by atoms with van der Waals surface area (Å²) in [6, 6.07) is 6.24. The van der Waals surface area contributed by atoms with E-state index >= 15 is 0 Å². The van der Waals surface area contributed by atoms with Crippen LogP contribution in [0.15, 0.2) is 29.2 Å². The maximum atomic E-state index is 12.8. The minimum atomic E-state index is -3.62. The van der Waals surface area contributed by atoms with Gasteiger partial charge in [-0.05, 0) is 49.9 Å². The van der Waals surface area contributed by atoms with E-state index in [-0.39, 0.29) is 42.4 Å². The molecule has 2 aliphatic rings. The van der Waals surface area contributed by atoms with Gasteiger partial charge < -0.3 is 14.7 Å². The molecular formula is C18H24N2O6S. The van der Waals surface area contributed by atoms with E-state index in [0.717, 1.165) is 12.8 Å². The first-order chi connectivity index (χ1) is 12.8. The van der Waals surface area contributed by atoms with Crippen molar-refractivity contribution in [3.8, 4) is 5.75 Å². The van der Waals surface area contributed by atoms with Crippen LogP contribution in [0.5, 0.6) is 5.75 Å². The Morgan fingerprint density at radius 2 is 1.74 bits per heavy atom. The third-order valence-corrected chi connectivity index (χ3v) is 6.99. The molecule has 0 spiro atoms. The molecule has 1 aliphatic carbocycles. The molecule has 0 radical (unpaired) electrons. The van der Waals surface area contributed by atoms with Crippen LogP contribution in [0.4, 0.5) is 0 Å². The molecule has 8 nitrogen and oxygen atoms in total. The first kappa shape index (κ1) is 19.6. The van der Waals surface area contributed by atoms with Crippen LogP contribution in [-0.2, 0) is 19.6 Å². The quantitative estimate of drug-likeness (QED) is 0.742. The highest BCUT2D eigenvalue weighted by atomic mass is 32.2. The number of rotatable bonds is 7. The molecule has 2 fully saturated rings. The Kier molecular flexibility index (Phi) is 5.71. The number of carbonyl (C=O) groups excluding carboxylic acids is 1. The maximum absolute atomic E-state index is 12.8. The van der Waals surface area contributed by atoms with Crippen molar-refractivity contribution in [3.05, 3.63) is 24.3 Å². The van der Waals surface area contributed by atoms with E-state index in [1.807, 2.05) is 0 Å². The summed E-state index contributed by atoms with van der Waals surface area (Å²) in [4.78, 5) is 25.4. The molecule has 27 heavy (non-hydrogen) atoms. The molecule has 1 saturated heterocycles. The van der Waals surface area contributed by atoms with Gasteiger partial charge in [0.25, 0.3) is 0 Å². The van der Waals surface area contributed by atoms with Gasteiger partial charge in [0.1, 0.15) is 12.3 Å². The van der Waals surface area contributed by atoms with Gasteiger partial charge in [-0.2, -0.15) is 4.31 Å². The first-order valence-electron chi connectivity index (χ1n) is 8.99. The fraction of sp³-hybridized carbons (Fsp3) is 0.556. The highest BCUT2D eigenvalue weighted by molar-refractivity contribution is 7.89. The molecule has 0 atom stereocenters. The lowest BCUT2D eigenvalue weighted by Gasteiger charge is -2.33. The maximum Gasteiger partial charge on any atom is 0.323 e. The van der Waals surface area contributed by atoms with Gasteiger partial charge >= 0.3 is 5.97 Å². The van der Waals surface area contributed by atoms with Crippen molar-refractivity contribution in [2.75, 3.05) is 26.7 Å². The highest BCUT2D eigenvalue weighted by Gasteiger charge is 2.39. The van der Waals surface area contributed by atoms with E-state index in [4.69, 9.17) is 9.84 Å². The van der Waals surface area contributed by atoms with E-state index < -0.39 is 16.0 Å². The molecule has 9 heteroatoms. The zero-order valence-corrected chi connectivity index (χ0v) is 16.0. The van der Waals surface area contributed by atoms with Gasteiger partial charge in [0.15, 0.2) is 0 Å². The number of ether oxygens (including phenoxy) is 1. The average Bonchev–Trinajstić information content (AvgIpc) is 3.50. The number of carbonyl (C=O) groups is 2. The lowest BCUT2D eigenvalue weighted by atomic mass is 9.96. The predicted molar refractivity (Wildman–Crippen MR) is 96.8 cm³/mol. The lowest BCUT2D eigenvalue weighted by Crippen LogP contribution is -2.46. The molecule has 1 N–H and O–H groups in total. The van der Waals surface area contributed by atoms with Gasteiger partial charge in [0.05, 0.1) is 12.0 Å². The van der Waals surface area contributed by atoms with Gasteiger partial charge in [0, 0.05) is 25.0 Å². The summed E-state index contributed by atoms with van der Waals surface area (Å²) in [5.74, 6) is -0.930. The fourth-order valence-corrected chi connectivity index (χ4v) is 4.86. The Morgan fingerprint density at radius 3 is 2.22 bits per heavy atom. The molecule has 0 aromatic heterocycles. The summed E-state index contributed by atoms with van der Waals surface area (Å²) >= 11 is 0. The molecule has 0 bridgehead atoms. The second-order valence-corrected chi connectivity index (χ2v) is 8.88. The number of methoxy groups -OCH3 is 1. The van der Waals surface area contributed by atoms with Crippen LogP contribution in [0.1, 0.15) is 25.7 Å². The molecule has 1 aromatic rings. The highest BCUT2D eigenvalue weighted by Crippen LogP contribution is 2.31. The number of aliphatic carboxylic acids is 1. The summed E-state index contributed by atoms with van der Waals surface area (Å²) < 4.78 is 32.0. The van der Waals surface area contributed by atoms with Crippen molar-refractivity contribution in [2.24, 2.45) is 5.92 Å². The second-order valence-electron chi connectivity index (χ2n) is 6.94. The Hall–Kier alpha value is -2.13. The molecule has 3 rings (SSSR count). The number of carboxylic acid groups (broad SMARTS) is 1. The van der Waals surface area contributed by atoms with E-state index in [1.54, 1.807) is 12.1 Å². The number of hydrogen-bond donors (Lipinski definition) is 1. The monoisotopic (exact) mass is 396 g/mol. The van der Waals surface area contributed by atoms with Crippen LogP contribution in [0, 0.1) is 5.92 Å². The molecule has 1 aliphatic heterocycles. The number of hydrogen-bond acceptors (Lipinski definition) is 5. The topological polar surface area (TPSA) is 104 Å². The number of amides is 1. The smallest absolute Gasteiger partial charge is 0.323 e. The van der Waals surface area contributed by atoms with Crippen molar-refractivity contribution in [1.82, 2.24) is 9.21 Å². The first-order valence-corrected chi connectivity index (χ1v) is 10.4. The van der Waals surface area contributed by atoms with Crippen molar-refractivity contribution < 1.29 is 27.9 Å². The van der Waals surface area contributed by atoms with Crippen molar-refractivity contribution in [3.63, 3.8) is 0 Å². The van der Waals surface area contributed by atoms with Crippen LogP contribution in [0.3, 0.4) is 0 Å². The van der Waals surface area contributed by atoms with Gasteiger partial charge in [-0.25, -0.2) is 8.42 Å². The number of carboxylic acids is 1. The van der Waals surface area contributed by atoms with Gasteiger partial charge in [-0.1, -0.05) is 0 Å². The van der Waals surface area contributed by atoms with Gasteiger partial charge in [0.2, 0.25) is 15.9 Å². The van der Waals surface area contributed by atoms with E-state index in [2.05, 4.69) is 0 Å². The van der Waals surface area contributed by atoms with Crippen molar-refractivity contribution in [2.45, 2.75) is 36.6 Å². The number of nitrogens with zero attached hydrogens (tertiary/aromatic N) is 2. The Morgan fingerprint density at radius 1 is 1.15 bits per heavy atom. The molecule has 1 saturated carbocycles. The molecule has 1 amide bonds. The molecule has 148 valence electrons. The molecule has 1 heterocycles. The van der Waals surface area contributed by atoms with Crippen LogP contribution < -0.4 is 4.74 Å². The van der Waals surface area contributed by atoms with Gasteiger partial charge in [-0.3, -0.25) is 9.59 Å². The summed E-state index contributed by atoms with van der Waals surface area (Å²) in [6.45, 7) is 0.209. The lowest BCUT2D eigenvalue weighted by molar-refractivity contribution is -0.147. The summed E-state index contributed by atoms with van der Waals surface area (Å²) in [7, 11) is -2.11. The van der Waals surface area contributed by atoms with Crippen molar-refractivity contribution in [1.29, 1.82) is 0 Å². The Labute approximate surface area is 158 Å². The average molecular weight is 396 g/mol. The van der Waals surface area contributed by atoms with E-state index in [0.29, 0.717) is 18.6 Å². The van der Waals surface area contributed by atoms with Crippen LogP contribution in [0.25, 0.3) is 0 Å². The van der Waals surface area contributed by atoms with E-state index in [9.17, 15) is 18.0 Å². The number of piperidine rings is 1. The number of benzene rings is 1. The molecule has 0 unspecified atom stereocenters. The van der Waals surface area contributed by atoms with E-state index in [1.165, 1.54) is 28.4 Å². The predicted octanol–water partition coefficient (Wildman–Crippen LogP) is 1.17. The fourth-order valence-electron chi connectivity index (χ4n) is 3.39. The Bertz CT molecular complexity index is 796. The van der Waals surface area contributed by atoms with Crippen molar-refractivity contribution >= 4 is 21.9 Å². The zero-order chi connectivity index (χ0) is 19.6. The van der Waals surface area contributed by atoms with Crippen LogP contribution in [0.2, 0.25) is 0 Å². The third-order valence-electron chi connectivity index (χ3n) is 5.08. The second kappa shape index (κ2) is 7.85. The van der Waals surface area contributed by atoms with Crippen LogP contribution >= 0.6 is 0 Å². The standard InChI is InChI=1S/C18H24N2O6S/c1-26-15-4-6-16(7-5-15)27(24,25)19-10-8-13(9-11-19)18(23)20(12-17(21)22)14-2-3-14/h4-7,13-14H,2-3,8-12H2,1H3,(H,21,22). The Balaban J connectivity index is 1.63. The summed E-state index contributed by atoms with van der Waals surface area (Å²) in [6.07, 6.45) is 2.47. The minimum Gasteiger partial charge on any atom is -0.497 e.